The van der Waals surface area contributed by atoms with E-state index in [1.165, 1.54) is 0 Å². The number of anilines is 1. The van der Waals surface area contributed by atoms with Crippen molar-refractivity contribution < 1.29 is 23.9 Å². The number of benzene rings is 1. The first-order chi connectivity index (χ1) is 18.7. The fraction of sp³-hybridized carbons (Fsp3) is 0.645. The molecule has 9 atom stereocenters. The number of aryl methyl sites for hydroxylation is 2. The monoisotopic (exact) mass is 535 g/mol. The van der Waals surface area contributed by atoms with Crippen LogP contribution in [0.15, 0.2) is 30.4 Å². The molecular formula is C31H41N3O5. The molecule has 2 bridgehead atoms. The molecule has 4 fully saturated rings. The Morgan fingerprint density at radius 3 is 2.54 bits per heavy atom. The number of fused-ring (bicyclic) bond motifs is 1. The summed E-state index contributed by atoms with van der Waals surface area (Å²) in [5.74, 6) is -1.20. The lowest BCUT2D eigenvalue weighted by Crippen LogP contribution is -2.58. The Bertz CT molecular complexity index is 1170. The van der Waals surface area contributed by atoms with Crippen molar-refractivity contribution in [2.45, 2.75) is 89.7 Å². The summed E-state index contributed by atoms with van der Waals surface area (Å²) in [6, 6.07) is 5.13. The normalized spacial score (nSPS) is 38.8. The van der Waals surface area contributed by atoms with Gasteiger partial charge in [-0.05, 0) is 68.2 Å². The van der Waals surface area contributed by atoms with Crippen molar-refractivity contribution in [2.24, 2.45) is 23.7 Å². The third kappa shape index (κ3) is 4.49. The summed E-state index contributed by atoms with van der Waals surface area (Å²) in [6.07, 6.45) is 8.06. The van der Waals surface area contributed by atoms with Gasteiger partial charge in [-0.3, -0.25) is 14.4 Å². The second-order valence-corrected chi connectivity index (χ2v) is 12.6. The average molecular weight is 536 g/mol. The van der Waals surface area contributed by atoms with E-state index in [0.717, 1.165) is 43.2 Å². The number of rotatable bonds is 6. The highest BCUT2D eigenvalue weighted by Crippen LogP contribution is 2.55. The summed E-state index contributed by atoms with van der Waals surface area (Å²) in [5.41, 5.74) is 1.65. The minimum Gasteiger partial charge on any atom is -0.376 e. The van der Waals surface area contributed by atoms with Crippen LogP contribution >= 0.6 is 0 Å². The van der Waals surface area contributed by atoms with Gasteiger partial charge in [-0.15, -0.1) is 0 Å². The lowest BCUT2D eigenvalue weighted by molar-refractivity contribution is -0.143. The quantitative estimate of drug-likeness (QED) is 0.544. The van der Waals surface area contributed by atoms with E-state index in [1.807, 2.05) is 38.1 Å². The minimum atomic E-state index is -1.15. The van der Waals surface area contributed by atoms with Crippen LogP contribution in [0.25, 0.3) is 0 Å². The average Bonchev–Trinajstić information content (AvgIpc) is 3.64. The predicted molar refractivity (Wildman–Crippen MR) is 147 cm³/mol. The third-order valence-electron chi connectivity index (χ3n) is 9.87. The molecule has 0 aromatic heterocycles. The summed E-state index contributed by atoms with van der Waals surface area (Å²) in [6.45, 7) is 9.41. The number of nitrogens with one attached hydrogen (secondary N) is 2. The van der Waals surface area contributed by atoms with E-state index in [2.05, 4.69) is 30.5 Å². The molecule has 3 amide bonds. The van der Waals surface area contributed by atoms with Gasteiger partial charge in [0.15, 0.2) is 0 Å². The molecule has 3 saturated heterocycles. The molecule has 39 heavy (non-hydrogen) atoms. The molecule has 1 aromatic carbocycles. The van der Waals surface area contributed by atoms with Crippen molar-refractivity contribution in [1.82, 2.24) is 10.2 Å². The number of hydrogen-bond acceptors (Lipinski definition) is 5. The highest BCUT2D eigenvalue weighted by atomic mass is 16.5. The lowest BCUT2D eigenvalue weighted by atomic mass is 9.73. The number of carbonyl (C=O) groups excluding carboxylic acids is 3. The Morgan fingerprint density at radius 2 is 1.82 bits per heavy atom. The van der Waals surface area contributed by atoms with E-state index in [0.29, 0.717) is 30.7 Å². The van der Waals surface area contributed by atoms with Crippen molar-refractivity contribution in [3.05, 3.63) is 41.5 Å². The van der Waals surface area contributed by atoms with Crippen LogP contribution in [0.3, 0.4) is 0 Å². The highest BCUT2D eigenvalue weighted by molar-refractivity contribution is 6.02. The second kappa shape index (κ2) is 10.0. The molecule has 4 heterocycles. The van der Waals surface area contributed by atoms with Crippen LogP contribution < -0.4 is 10.6 Å². The van der Waals surface area contributed by atoms with Crippen LogP contribution in [0.4, 0.5) is 5.69 Å². The number of amides is 3. The second-order valence-electron chi connectivity index (χ2n) is 12.6. The van der Waals surface area contributed by atoms with Gasteiger partial charge in [0.1, 0.15) is 11.6 Å². The van der Waals surface area contributed by atoms with Crippen LogP contribution in [-0.4, -0.2) is 65.7 Å². The van der Waals surface area contributed by atoms with Crippen molar-refractivity contribution in [2.75, 3.05) is 18.5 Å². The molecule has 4 aliphatic heterocycles. The molecule has 0 radical (unpaired) electrons. The predicted octanol–water partition coefficient (Wildman–Crippen LogP) is 3.51. The first-order valence-corrected chi connectivity index (χ1v) is 14.7. The molecule has 1 aromatic rings. The molecule has 1 aliphatic carbocycles. The molecule has 6 rings (SSSR count). The standard InChI is InChI=1S/C31H41N3O5/c1-17-13-18(2)15-21(14-17)32-28(35)25-24-10-11-31(39-24)26(25)30(37)34(16-22-8-6-12-38-22)27(31)29(36)33-23-9-5-7-19(3)20(23)4/h10-11,13-15,19-20,22-27H,5-9,12,16H2,1-4H3,(H,32,35)(H,33,36)/t19?,20?,22?,23?,24-,25?,26-,27?,31?/m1/s1. The Hall–Kier alpha value is -2.71. The Kier molecular flexibility index (Phi) is 6.82. The van der Waals surface area contributed by atoms with E-state index in [1.54, 1.807) is 4.90 Å². The molecule has 1 spiro atoms. The van der Waals surface area contributed by atoms with E-state index in [-0.39, 0.29) is 29.9 Å². The topological polar surface area (TPSA) is 97.0 Å². The van der Waals surface area contributed by atoms with Gasteiger partial charge < -0.3 is 25.0 Å². The number of likely N-dealkylation sites (tertiary alicyclic amines) is 1. The van der Waals surface area contributed by atoms with Crippen molar-refractivity contribution in [3.63, 3.8) is 0 Å². The molecular weight excluding hydrogens is 494 g/mol. The van der Waals surface area contributed by atoms with E-state index in [4.69, 9.17) is 9.47 Å². The molecule has 1 saturated carbocycles. The fourth-order valence-electron chi connectivity index (χ4n) is 7.79. The first kappa shape index (κ1) is 26.5. The Morgan fingerprint density at radius 1 is 1.05 bits per heavy atom. The van der Waals surface area contributed by atoms with Gasteiger partial charge >= 0.3 is 0 Å². The van der Waals surface area contributed by atoms with Crippen molar-refractivity contribution in [1.29, 1.82) is 0 Å². The highest BCUT2D eigenvalue weighted by Gasteiger charge is 2.73. The Labute approximate surface area is 230 Å². The van der Waals surface area contributed by atoms with Gasteiger partial charge in [-0.25, -0.2) is 0 Å². The lowest BCUT2D eigenvalue weighted by Gasteiger charge is -2.38. The van der Waals surface area contributed by atoms with Crippen LogP contribution in [0.1, 0.15) is 57.1 Å². The summed E-state index contributed by atoms with van der Waals surface area (Å²) < 4.78 is 12.4. The minimum absolute atomic E-state index is 0.0580. The first-order valence-electron chi connectivity index (χ1n) is 14.7. The smallest absolute Gasteiger partial charge is 0.246 e. The molecule has 8 heteroatoms. The fourth-order valence-corrected chi connectivity index (χ4v) is 7.79. The summed E-state index contributed by atoms with van der Waals surface area (Å²) >= 11 is 0. The maximum atomic E-state index is 14.2. The number of nitrogens with zero attached hydrogens (tertiary/aromatic N) is 1. The number of carbonyl (C=O) groups is 3. The van der Waals surface area contributed by atoms with Crippen LogP contribution in [0, 0.1) is 37.5 Å². The van der Waals surface area contributed by atoms with Crippen LogP contribution in [0.5, 0.6) is 0 Å². The molecule has 2 N–H and O–H groups in total. The summed E-state index contributed by atoms with van der Waals surface area (Å²) in [4.78, 5) is 43.6. The summed E-state index contributed by atoms with van der Waals surface area (Å²) in [7, 11) is 0. The largest absolute Gasteiger partial charge is 0.376 e. The van der Waals surface area contributed by atoms with E-state index in [9.17, 15) is 14.4 Å². The molecule has 7 unspecified atom stereocenters. The van der Waals surface area contributed by atoms with Crippen molar-refractivity contribution >= 4 is 23.4 Å². The van der Waals surface area contributed by atoms with E-state index >= 15 is 0 Å². The van der Waals surface area contributed by atoms with Crippen molar-refractivity contribution in [3.8, 4) is 0 Å². The third-order valence-corrected chi connectivity index (χ3v) is 9.87. The Balaban J connectivity index is 1.30. The zero-order chi connectivity index (χ0) is 27.5. The van der Waals surface area contributed by atoms with Gasteiger partial charge in [0.2, 0.25) is 17.7 Å². The molecule has 8 nitrogen and oxygen atoms in total. The van der Waals surface area contributed by atoms with Gasteiger partial charge in [0.05, 0.1) is 24.0 Å². The maximum Gasteiger partial charge on any atom is 0.246 e. The van der Waals surface area contributed by atoms with Gasteiger partial charge in [-0.2, -0.15) is 0 Å². The van der Waals surface area contributed by atoms with Crippen LogP contribution in [0.2, 0.25) is 0 Å². The van der Waals surface area contributed by atoms with Gasteiger partial charge in [0.25, 0.3) is 0 Å². The van der Waals surface area contributed by atoms with Crippen LogP contribution in [-0.2, 0) is 23.9 Å². The number of hydrogen-bond donors (Lipinski definition) is 2. The van der Waals surface area contributed by atoms with Gasteiger partial charge in [0, 0.05) is 24.9 Å². The maximum absolute atomic E-state index is 14.2. The SMILES string of the molecule is Cc1cc(C)cc(NC(=O)C2[C@H]3C=CC4(O3)C(C(=O)NC3CCCC(C)C3C)N(CC3CCCO3)C(=O)[C@@H]24)c1. The zero-order valence-electron chi connectivity index (χ0n) is 23.4. The zero-order valence-corrected chi connectivity index (χ0v) is 23.4. The molecule has 5 aliphatic rings. The van der Waals surface area contributed by atoms with Gasteiger partial charge in [-0.1, -0.05) is 44.9 Å². The summed E-state index contributed by atoms with van der Waals surface area (Å²) in [5, 5.41) is 6.35. The van der Waals surface area contributed by atoms with E-state index < -0.39 is 29.6 Å². The number of ether oxygens (including phenoxy) is 2. The molecule has 210 valence electrons.